The predicted octanol–water partition coefficient (Wildman–Crippen LogP) is 0.548. The Morgan fingerprint density at radius 3 is 2.84 bits per heavy atom. The number of nitrogens with zero attached hydrogens (tertiary/aromatic N) is 4. The highest BCUT2D eigenvalue weighted by Crippen LogP contribution is 2.16. The first kappa shape index (κ1) is 13.0. The van der Waals surface area contributed by atoms with Gasteiger partial charge in [-0.25, -0.2) is 4.98 Å². The van der Waals surface area contributed by atoms with Gasteiger partial charge >= 0.3 is 0 Å². The number of hydrogen-bond donors (Lipinski definition) is 0. The molecule has 106 valence electrons. The number of hydrogen-bond acceptors (Lipinski definition) is 5. The van der Waals surface area contributed by atoms with Crippen LogP contribution in [0.4, 0.5) is 0 Å². The highest BCUT2D eigenvalue weighted by molar-refractivity contribution is 4.76. The van der Waals surface area contributed by atoms with Crippen LogP contribution in [0.1, 0.15) is 19.3 Å². The number of morpholine rings is 1. The van der Waals surface area contributed by atoms with Crippen molar-refractivity contribution in [3.8, 4) is 0 Å². The molecule has 1 aromatic rings. The molecular formula is C13H22N4O2. The van der Waals surface area contributed by atoms with E-state index in [0.29, 0.717) is 6.10 Å². The molecule has 0 spiro atoms. The fourth-order valence-corrected chi connectivity index (χ4v) is 2.83. The summed E-state index contributed by atoms with van der Waals surface area (Å²) in [5, 5.41) is 4.13. The zero-order chi connectivity index (χ0) is 12.9. The van der Waals surface area contributed by atoms with E-state index in [9.17, 15) is 0 Å². The van der Waals surface area contributed by atoms with Gasteiger partial charge < -0.3 is 9.47 Å². The summed E-state index contributed by atoms with van der Waals surface area (Å²) in [4.78, 5) is 6.42. The number of rotatable bonds is 4. The molecule has 2 aliphatic heterocycles. The van der Waals surface area contributed by atoms with E-state index in [-0.39, 0.29) is 6.10 Å². The van der Waals surface area contributed by atoms with Crippen molar-refractivity contribution in [1.82, 2.24) is 19.7 Å². The zero-order valence-electron chi connectivity index (χ0n) is 11.3. The Bertz CT molecular complexity index is 365. The third-order valence-corrected chi connectivity index (χ3v) is 3.82. The predicted molar refractivity (Wildman–Crippen MR) is 69.8 cm³/mol. The van der Waals surface area contributed by atoms with Gasteiger partial charge in [0.15, 0.2) is 0 Å². The van der Waals surface area contributed by atoms with Crippen LogP contribution in [0.3, 0.4) is 0 Å². The van der Waals surface area contributed by atoms with Crippen LogP contribution in [-0.2, 0) is 16.0 Å². The SMILES string of the molecule is c1ncn(C[C@@H]2CN(C[C@@H]3CCCCO3)CCO2)n1. The molecule has 6 heteroatoms. The smallest absolute Gasteiger partial charge is 0.137 e. The maximum Gasteiger partial charge on any atom is 0.137 e. The lowest BCUT2D eigenvalue weighted by molar-refractivity contribution is -0.0651. The summed E-state index contributed by atoms with van der Waals surface area (Å²) in [6.07, 6.45) is 7.65. The van der Waals surface area contributed by atoms with E-state index < -0.39 is 0 Å². The van der Waals surface area contributed by atoms with Gasteiger partial charge in [-0.15, -0.1) is 0 Å². The van der Waals surface area contributed by atoms with Crippen LogP contribution < -0.4 is 0 Å². The Hall–Kier alpha value is -0.980. The van der Waals surface area contributed by atoms with Crippen molar-refractivity contribution in [2.24, 2.45) is 0 Å². The molecule has 19 heavy (non-hydrogen) atoms. The van der Waals surface area contributed by atoms with E-state index in [2.05, 4.69) is 15.0 Å². The summed E-state index contributed by atoms with van der Waals surface area (Å²) in [5.74, 6) is 0. The van der Waals surface area contributed by atoms with Crippen LogP contribution in [0.2, 0.25) is 0 Å². The monoisotopic (exact) mass is 266 g/mol. The molecule has 2 aliphatic rings. The van der Waals surface area contributed by atoms with Crippen LogP contribution in [0.5, 0.6) is 0 Å². The minimum Gasteiger partial charge on any atom is -0.377 e. The molecule has 2 atom stereocenters. The Morgan fingerprint density at radius 2 is 2.05 bits per heavy atom. The van der Waals surface area contributed by atoms with E-state index >= 15 is 0 Å². The van der Waals surface area contributed by atoms with E-state index in [1.807, 2.05) is 4.68 Å². The zero-order valence-corrected chi connectivity index (χ0v) is 11.3. The van der Waals surface area contributed by atoms with E-state index in [4.69, 9.17) is 9.47 Å². The second kappa shape index (κ2) is 6.45. The first-order valence-electron chi connectivity index (χ1n) is 7.18. The summed E-state index contributed by atoms with van der Waals surface area (Å²) < 4.78 is 13.4. The average molecular weight is 266 g/mol. The van der Waals surface area contributed by atoms with Gasteiger partial charge in [-0.3, -0.25) is 9.58 Å². The van der Waals surface area contributed by atoms with Crippen molar-refractivity contribution < 1.29 is 9.47 Å². The average Bonchev–Trinajstić information content (AvgIpc) is 2.93. The fraction of sp³-hybridized carbons (Fsp3) is 0.846. The molecule has 0 radical (unpaired) electrons. The molecule has 3 heterocycles. The maximum atomic E-state index is 5.81. The first-order valence-corrected chi connectivity index (χ1v) is 7.18. The van der Waals surface area contributed by atoms with Crippen molar-refractivity contribution in [3.05, 3.63) is 12.7 Å². The number of ether oxygens (including phenoxy) is 2. The van der Waals surface area contributed by atoms with Crippen molar-refractivity contribution in [3.63, 3.8) is 0 Å². The minimum absolute atomic E-state index is 0.207. The van der Waals surface area contributed by atoms with Crippen molar-refractivity contribution >= 4 is 0 Å². The lowest BCUT2D eigenvalue weighted by Crippen LogP contribution is -2.47. The molecule has 3 rings (SSSR count). The topological polar surface area (TPSA) is 52.4 Å². The Morgan fingerprint density at radius 1 is 1.11 bits per heavy atom. The van der Waals surface area contributed by atoms with Gasteiger partial charge in [0.25, 0.3) is 0 Å². The quantitative estimate of drug-likeness (QED) is 0.796. The van der Waals surface area contributed by atoms with Crippen LogP contribution >= 0.6 is 0 Å². The molecular weight excluding hydrogens is 244 g/mol. The summed E-state index contributed by atoms with van der Waals surface area (Å²) in [6, 6.07) is 0. The summed E-state index contributed by atoms with van der Waals surface area (Å²) in [7, 11) is 0. The molecule has 2 saturated heterocycles. The largest absolute Gasteiger partial charge is 0.377 e. The molecule has 0 aliphatic carbocycles. The molecule has 2 fully saturated rings. The maximum absolute atomic E-state index is 5.81. The minimum atomic E-state index is 0.207. The van der Waals surface area contributed by atoms with Gasteiger partial charge in [0.05, 0.1) is 25.4 Å². The Kier molecular flexibility index (Phi) is 4.42. The Labute approximate surface area is 113 Å². The van der Waals surface area contributed by atoms with Gasteiger partial charge in [0, 0.05) is 26.2 Å². The molecule has 0 saturated carbocycles. The highest BCUT2D eigenvalue weighted by Gasteiger charge is 2.24. The fourth-order valence-electron chi connectivity index (χ4n) is 2.83. The second-order valence-corrected chi connectivity index (χ2v) is 5.36. The summed E-state index contributed by atoms with van der Waals surface area (Å²) in [5.41, 5.74) is 0. The summed E-state index contributed by atoms with van der Waals surface area (Å²) >= 11 is 0. The van der Waals surface area contributed by atoms with E-state index in [1.54, 1.807) is 12.7 Å². The lowest BCUT2D eigenvalue weighted by atomic mass is 10.1. The molecule has 0 unspecified atom stereocenters. The van der Waals surface area contributed by atoms with Crippen molar-refractivity contribution in [2.45, 2.75) is 38.0 Å². The van der Waals surface area contributed by atoms with Crippen molar-refractivity contribution in [1.29, 1.82) is 0 Å². The van der Waals surface area contributed by atoms with Gasteiger partial charge in [0.1, 0.15) is 12.7 Å². The highest BCUT2D eigenvalue weighted by atomic mass is 16.5. The van der Waals surface area contributed by atoms with Gasteiger partial charge in [-0.05, 0) is 19.3 Å². The third-order valence-electron chi connectivity index (χ3n) is 3.82. The first-order chi connectivity index (χ1) is 9.40. The molecule has 1 aromatic heterocycles. The van der Waals surface area contributed by atoms with Crippen LogP contribution in [0.25, 0.3) is 0 Å². The van der Waals surface area contributed by atoms with Gasteiger partial charge in [0.2, 0.25) is 0 Å². The Balaban J connectivity index is 1.47. The standard InChI is InChI=1S/C13H22N4O2/c1-2-5-18-12(3-1)7-16-4-6-19-13(8-16)9-17-11-14-10-15-17/h10-13H,1-9H2/t12-,13-/m0/s1. The normalized spacial score (nSPS) is 29.5. The van der Waals surface area contributed by atoms with Gasteiger partial charge in [-0.1, -0.05) is 0 Å². The van der Waals surface area contributed by atoms with Crippen molar-refractivity contribution in [2.75, 3.05) is 32.8 Å². The van der Waals surface area contributed by atoms with E-state index in [1.165, 1.54) is 19.3 Å². The second-order valence-electron chi connectivity index (χ2n) is 5.36. The summed E-state index contributed by atoms with van der Waals surface area (Å²) in [6.45, 7) is 5.51. The molecule has 0 amide bonds. The molecule has 6 nitrogen and oxygen atoms in total. The van der Waals surface area contributed by atoms with Gasteiger partial charge in [-0.2, -0.15) is 5.10 Å². The third kappa shape index (κ3) is 3.75. The molecule has 0 bridgehead atoms. The van der Waals surface area contributed by atoms with E-state index in [0.717, 1.165) is 39.4 Å². The number of aromatic nitrogens is 3. The molecule has 0 N–H and O–H groups in total. The van der Waals surface area contributed by atoms with Crippen LogP contribution in [-0.4, -0.2) is 64.7 Å². The van der Waals surface area contributed by atoms with Crippen LogP contribution in [0.15, 0.2) is 12.7 Å². The van der Waals surface area contributed by atoms with Crippen LogP contribution in [0, 0.1) is 0 Å². The lowest BCUT2D eigenvalue weighted by Gasteiger charge is -2.35. The molecule has 0 aromatic carbocycles.